The first-order valence-electron chi connectivity index (χ1n) is 4.20. The summed E-state index contributed by atoms with van der Waals surface area (Å²) in [6.07, 6.45) is 2.24. The maximum atomic E-state index is 12.1. The van der Waals surface area contributed by atoms with Gasteiger partial charge in [0, 0.05) is 0 Å². The summed E-state index contributed by atoms with van der Waals surface area (Å²) in [5.74, 6) is -0.449. The van der Waals surface area contributed by atoms with Gasteiger partial charge in [0.25, 0.3) is 0 Å². The lowest BCUT2D eigenvalue weighted by Crippen LogP contribution is -2.27. The summed E-state index contributed by atoms with van der Waals surface area (Å²) in [7, 11) is 0. The van der Waals surface area contributed by atoms with Gasteiger partial charge >= 0.3 is 6.98 Å². The van der Waals surface area contributed by atoms with E-state index in [2.05, 4.69) is 0 Å². The van der Waals surface area contributed by atoms with Crippen LogP contribution in [-0.4, -0.2) is 6.98 Å². The zero-order valence-corrected chi connectivity index (χ0v) is 6.69. The highest BCUT2D eigenvalue weighted by Crippen LogP contribution is 2.40. The maximum Gasteiger partial charge on any atom is 0.481 e. The van der Waals surface area contributed by atoms with Crippen LogP contribution >= 0.6 is 0 Å². The van der Waals surface area contributed by atoms with E-state index in [4.69, 9.17) is 0 Å². The molecule has 66 valence electrons. The Bertz CT molecular complexity index is 124. The second kappa shape index (κ2) is 3.07. The molecule has 0 atom stereocenters. The van der Waals surface area contributed by atoms with Crippen LogP contribution in [0.15, 0.2) is 0 Å². The highest BCUT2D eigenvalue weighted by molar-refractivity contribution is 6.60. The Hall–Kier alpha value is -0.145. The van der Waals surface area contributed by atoms with E-state index in [0.29, 0.717) is 18.8 Å². The molecule has 0 N–H and O–H groups in total. The minimum absolute atomic E-state index is 0.366. The summed E-state index contributed by atoms with van der Waals surface area (Å²) in [5, 5.41) is 0. The van der Waals surface area contributed by atoms with Gasteiger partial charge in [-0.05, 0) is 5.92 Å². The van der Waals surface area contributed by atoms with Crippen molar-refractivity contribution in [1.29, 1.82) is 0 Å². The van der Waals surface area contributed by atoms with Crippen molar-refractivity contribution in [3.05, 3.63) is 0 Å². The molecule has 0 aliphatic heterocycles. The molecule has 1 fully saturated rings. The lowest BCUT2D eigenvalue weighted by molar-refractivity contribution is 0.325. The van der Waals surface area contributed by atoms with Crippen molar-refractivity contribution in [2.45, 2.75) is 38.4 Å². The van der Waals surface area contributed by atoms with Gasteiger partial charge in [-0.25, -0.2) is 0 Å². The van der Waals surface area contributed by atoms with Crippen LogP contribution in [0.4, 0.5) is 12.9 Å². The molecule has 1 saturated carbocycles. The molecule has 0 nitrogen and oxygen atoms in total. The lowest BCUT2D eigenvalue weighted by Gasteiger charge is -2.32. The van der Waals surface area contributed by atoms with Gasteiger partial charge in [-0.3, -0.25) is 0 Å². The molecule has 0 aromatic rings. The number of hydrogen-bond acceptors (Lipinski definition) is 0. The molecule has 0 bridgehead atoms. The molecule has 0 heterocycles. The fourth-order valence-electron chi connectivity index (χ4n) is 1.66. The van der Waals surface area contributed by atoms with Crippen molar-refractivity contribution in [2.24, 2.45) is 5.92 Å². The topological polar surface area (TPSA) is 0 Å². The molecule has 0 aromatic carbocycles. The van der Waals surface area contributed by atoms with Crippen molar-refractivity contribution in [3.8, 4) is 0 Å². The van der Waals surface area contributed by atoms with Crippen molar-refractivity contribution in [1.82, 2.24) is 0 Å². The van der Waals surface area contributed by atoms with Crippen LogP contribution in [0.3, 0.4) is 0 Å². The molecule has 1 aliphatic carbocycles. The van der Waals surface area contributed by atoms with Crippen LogP contribution in [0.2, 0.25) is 5.82 Å². The Kier molecular flexibility index (Phi) is 2.50. The monoisotopic (exact) mass is 165 g/mol. The Balaban J connectivity index is 2.39. The summed E-state index contributed by atoms with van der Waals surface area (Å²) in [5.41, 5.74) is 0. The average Bonchev–Trinajstić information content (AvgIpc) is 1.86. The third-order valence-corrected chi connectivity index (χ3v) is 2.60. The second-order valence-corrected chi connectivity index (χ2v) is 3.65. The Morgan fingerprint density at radius 2 is 1.45 bits per heavy atom. The SMILES string of the molecule is CC1CCC([B-](F)(F)F)CC1. The number of halogens is 3. The highest BCUT2D eigenvalue weighted by atomic mass is 19.4. The van der Waals surface area contributed by atoms with E-state index < -0.39 is 12.8 Å². The smallest absolute Gasteiger partial charge is 0.449 e. The minimum atomic E-state index is -4.55. The van der Waals surface area contributed by atoms with Gasteiger partial charge in [0.15, 0.2) is 0 Å². The van der Waals surface area contributed by atoms with Crippen LogP contribution in [0.5, 0.6) is 0 Å². The van der Waals surface area contributed by atoms with Crippen molar-refractivity contribution in [3.63, 3.8) is 0 Å². The first-order valence-corrected chi connectivity index (χ1v) is 4.20. The number of hydrogen-bond donors (Lipinski definition) is 0. The van der Waals surface area contributed by atoms with Gasteiger partial charge < -0.3 is 12.9 Å². The van der Waals surface area contributed by atoms with Crippen LogP contribution in [0.1, 0.15) is 32.6 Å². The maximum absolute atomic E-state index is 12.1. The normalized spacial score (nSPS) is 33.8. The molecule has 0 amide bonds. The Morgan fingerprint density at radius 1 is 1.00 bits per heavy atom. The van der Waals surface area contributed by atoms with Gasteiger partial charge in [-0.15, -0.1) is 0 Å². The molecular weight excluding hydrogens is 152 g/mol. The van der Waals surface area contributed by atoms with E-state index in [9.17, 15) is 12.9 Å². The molecule has 0 radical (unpaired) electrons. The molecule has 0 aromatic heterocycles. The van der Waals surface area contributed by atoms with E-state index in [-0.39, 0.29) is 0 Å². The van der Waals surface area contributed by atoms with Gasteiger partial charge in [0.05, 0.1) is 0 Å². The molecule has 11 heavy (non-hydrogen) atoms. The van der Waals surface area contributed by atoms with Crippen LogP contribution in [0, 0.1) is 5.92 Å². The number of rotatable bonds is 1. The largest absolute Gasteiger partial charge is 0.481 e. The van der Waals surface area contributed by atoms with E-state index in [1.54, 1.807) is 0 Å². The van der Waals surface area contributed by atoms with E-state index in [0.717, 1.165) is 12.8 Å². The Labute approximate surface area is 65.2 Å². The molecule has 0 saturated heterocycles. The van der Waals surface area contributed by atoms with Crippen molar-refractivity contribution >= 4 is 6.98 Å². The zero-order valence-electron chi connectivity index (χ0n) is 6.69. The summed E-state index contributed by atoms with van der Waals surface area (Å²) < 4.78 is 36.4. The molecule has 1 aliphatic rings. The summed E-state index contributed by atoms with van der Waals surface area (Å²) >= 11 is 0. The molecule has 0 unspecified atom stereocenters. The average molecular weight is 165 g/mol. The summed E-state index contributed by atoms with van der Waals surface area (Å²) in [6.45, 7) is -2.52. The highest BCUT2D eigenvalue weighted by Gasteiger charge is 2.36. The van der Waals surface area contributed by atoms with E-state index in [1.807, 2.05) is 6.92 Å². The van der Waals surface area contributed by atoms with Crippen LogP contribution < -0.4 is 0 Å². The second-order valence-electron chi connectivity index (χ2n) is 3.65. The van der Waals surface area contributed by atoms with E-state index in [1.165, 1.54) is 0 Å². The minimum Gasteiger partial charge on any atom is -0.449 e. The third kappa shape index (κ3) is 2.42. The third-order valence-electron chi connectivity index (χ3n) is 2.60. The molecule has 0 spiro atoms. The first kappa shape index (κ1) is 8.95. The quantitative estimate of drug-likeness (QED) is 0.522. The molecule has 4 heteroatoms. The van der Waals surface area contributed by atoms with E-state index >= 15 is 0 Å². The van der Waals surface area contributed by atoms with Crippen LogP contribution in [-0.2, 0) is 0 Å². The fraction of sp³-hybridized carbons (Fsp3) is 1.00. The van der Waals surface area contributed by atoms with Crippen LogP contribution in [0.25, 0.3) is 0 Å². The van der Waals surface area contributed by atoms with Gasteiger partial charge in [0.2, 0.25) is 0 Å². The summed E-state index contributed by atoms with van der Waals surface area (Å²) in [4.78, 5) is 0. The molecular formula is C7H13BF3-. The Morgan fingerprint density at radius 3 is 1.82 bits per heavy atom. The van der Waals surface area contributed by atoms with Crippen molar-refractivity contribution < 1.29 is 12.9 Å². The first-order chi connectivity index (χ1) is 5.00. The van der Waals surface area contributed by atoms with Gasteiger partial charge in [-0.1, -0.05) is 38.4 Å². The molecule has 1 rings (SSSR count). The fourth-order valence-corrected chi connectivity index (χ4v) is 1.66. The van der Waals surface area contributed by atoms with Gasteiger partial charge in [0.1, 0.15) is 0 Å². The lowest BCUT2D eigenvalue weighted by atomic mass is 9.63. The van der Waals surface area contributed by atoms with Crippen molar-refractivity contribution in [2.75, 3.05) is 0 Å². The summed E-state index contributed by atoms with van der Waals surface area (Å²) in [6, 6.07) is 0. The zero-order chi connectivity index (χ0) is 8.48. The van der Waals surface area contributed by atoms with Gasteiger partial charge in [-0.2, -0.15) is 0 Å². The standard InChI is InChI=1S/C7H13BF3/c1-6-2-4-7(5-3-6)8(9,10)11/h6-7H,2-5H2,1H3/q-1. The predicted octanol–water partition coefficient (Wildman–Crippen LogP) is 3.41. The predicted molar refractivity (Wildman–Crippen MR) is 40.5 cm³/mol.